The van der Waals surface area contributed by atoms with E-state index in [-0.39, 0.29) is 23.0 Å². The Kier molecular flexibility index (Phi) is 7.80. The van der Waals surface area contributed by atoms with Crippen LogP contribution < -0.4 is 13.9 Å². The maximum atomic E-state index is 13.8. The number of halogens is 5. The third-order valence-corrected chi connectivity index (χ3v) is 7.92. The topological polar surface area (TPSA) is 89.0 Å². The van der Waals surface area contributed by atoms with E-state index in [9.17, 15) is 26.4 Å². The zero-order valence-electron chi connectivity index (χ0n) is 19.9. The van der Waals surface area contributed by atoms with Gasteiger partial charge < -0.3 is 9.47 Å². The normalized spacial score (nSPS) is 15.6. The molecule has 1 aliphatic heterocycles. The Morgan fingerprint density at radius 2 is 1.92 bits per heavy atom. The third kappa shape index (κ3) is 5.26. The van der Waals surface area contributed by atoms with Crippen LogP contribution in [-0.4, -0.2) is 45.8 Å². The lowest BCUT2D eigenvalue weighted by Gasteiger charge is -2.35. The number of anilines is 2. The van der Waals surface area contributed by atoms with Crippen molar-refractivity contribution in [2.75, 3.05) is 29.7 Å². The van der Waals surface area contributed by atoms with Gasteiger partial charge in [-0.15, -0.1) is 0 Å². The number of pyridine rings is 1. The predicted molar refractivity (Wildman–Crippen MR) is 135 cm³/mol. The molecule has 3 aromatic rings. The maximum Gasteiger partial charge on any atom is 0.417 e. The first-order chi connectivity index (χ1) is 17.9. The lowest BCUT2D eigenvalue weighted by molar-refractivity contribution is -0.137. The van der Waals surface area contributed by atoms with Crippen molar-refractivity contribution in [2.45, 2.75) is 24.0 Å². The number of fused-ring (bicyclic) bond motifs is 1. The van der Waals surface area contributed by atoms with Crippen LogP contribution in [0.15, 0.2) is 59.6 Å². The minimum Gasteiger partial charge on any atom is -0.489 e. The molecule has 1 atom stereocenters. The monoisotopic (exact) mass is 589 g/mol. The Morgan fingerprint density at radius 1 is 1.21 bits per heavy atom. The second-order valence-electron chi connectivity index (χ2n) is 8.23. The Morgan fingerprint density at radius 3 is 2.61 bits per heavy atom. The number of aromatic nitrogens is 1. The van der Waals surface area contributed by atoms with Crippen LogP contribution in [0.25, 0.3) is 0 Å². The highest BCUT2D eigenvalue weighted by atomic mass is 35.5. The van der Waals surface area contributed by atoms with Gasteiger partial charge >= 0.3 is 6.18 Å². The number of nitrogens with zero attached hydrogens (tertiary/aromatic N) is 3. The molecular weight excluding hydrogens is 570 g/mol. The maximum absolute atomic E-state index is 13.8. The summed E-state index contributed by atoms with van der Waals surface area (Å²) in [6.45, 7) is 1.24. The van der Waals surface area contributed by atoms with E-state index in [1.807, 2.05) is 0 Å². The summed E-state index contributed by atoms with van der Waals surface area (Å²) in [5.74, 6) is -0.236. The Bertz CT molecular complexity index is 1490. The number of para-hydroxylation sites is 2. The van der Waals surface area contributed by atoms with Crippen LogP contribution in [0.3, 0.4) is 0 Å². The van der Waals surface area contributed by atoms with Gasteiger partial charge in [0.1, 0.15) is 19.1 Å². The molecule has 0 saturated carbocycles. The Balaban J connectivity index is 1.86. The van der Waals surface area contributed by atoms with E-state index in [0.29, 0.717) is 21.8 Å². The van der Waals surface area contributed by atoms with Gasteiger partial charge in [-0.2, -0.15) is 13.2 Å². The van der Waals surface area contributed by atoms with Gasteiger partial charge in [0, 0.05) is 13.3 Å². The van der Waals surface area contributed by atoms with Crippen LogP contribution in [0.1, 0.15) is 23.0 Å². The number of methoxy groups -OCH3 is 1. The first-order valence-corrected chi connectivity index (χ1v) is 13.1. The van der Waals surface area contributed by atoms with Crippen molar-refractivity contribution in [1.82, 2.24) is 4.98 Å². The highest BCUT2D eigenvalue weighted by molar-refractivity contribution is 7.92. The van der Waals surface area contributed by atoms with Gasteiger partial charge in [0.15, 0.2) is 5.69 Å². The summed E-state index contributed by atoms with van der Waals surface area (Å²) in [6, 6.07) is 9.67. The molecule has 1 unspecified atom stereocenters. The number of hydrogen-bond donors (Lipinski definition) is 0. The molecule has 0 spiro atoms. The molecule has 1 aromatic heterocycles. The summed E-state index contributed by atoms with van der Waals surface area (Å²) in [5, 5.41) is -0.689. The molecule has 8 nitrogen and oxygen atoms in total. The minimum atomic E-state index is -4.91. The molecule has 38 heavy (non-hydrogen) atoms. The van der Waals surface area contributed by atoms with Crippen LogP contribution in [-0.2, 0) is 20.9 Å². The van der Waals surface area contributed by atoms with Crippen molar-refractivity contribution in [2.24, 2.45) is 0 Å². The molecule has 202 valence electrons. The highest BCUT2D eigenvalue weighted by Gasteiger charge is 2.38. The van der Waals surface area contributed by atoms with Gasteiger partial charge in [0.25, 0.3) is 15.9 Å². The largest absolute Gasteiger partial charge is 0.489 e. The summed E-state index contributed by atoms with van der Waals surface area (Å²) < 4.78 is 79.1. The number of ether oxygens (including phenoxy) is 2. The summed E-state index contributed by atoms with van der Waals surface area (Å²) in [5.41, 5.74) is -1.50. The van der Waals surface area contributed by atoms with Gasteiger partial charge in [-0.05, 0) is 43.3 Å². The zero-order valence-corrected chi connectivity index (χ0v) is 22.2. The molecule has 2 heterocycles. The molecule has 1 amide bonds. The minimum absolute atomic E-state index is 0.0182. The van der Waals surface area contributed by atoms with E-state index in [0.717, 1.165) is 18.3 Å². The van der Waals surface area contributed by atoms with E-state index < -0.39 is 50.4 Å². The lowest BCUT2D eigenvalue weighted by Crippen LogP contribution is -2.46. The molecule has 2 aromatic carbocycles. The van der Waals surface area contributed by atoms with Crippen molar-refractivity contribution < 1.29 is 35.9 Å². The van der Waals surface area contributed by atoms with E-state index in [1.165, 1.54) is 18.1 Å². The van der Waals surface area contributed by atoms with E-state index in [4.69, 9.17) is 32.7 Å². The number of rotatable bonds is 6. The number of amides is 1. The molecule has 4 rings (SSSR count). The van der Waals surface area contributed by atoms with Gasteiger partial charge in [-0.3, -0.25) is 9.69 Å². The van der Waals surface area contributed by atoms with Crippen LogP contribution in [0.5, 0.6) is 5.75 Å². The Labute approximate surface area is 226 Å². The van der Waals surface area contributed by atoms with Crippen molar-refractivity contribution in [3.63, 3.8) is 0 Å². The van der Waals surface area contributed by atoms with Crippen molar-refractivity contribution in [3.05, 3.63) is 76.0 Å². The van der Waals surface area contributed by atoms with Gasteiger partial charge in [0.2, 0.25) is 0 Å². The molecule has 1 aliphatic rings. The van der Waals surface area contributed by atoms with Crippen LogP contribution >= 0.6 is 23.2 Å². The van der Waals surface area contributed by atoms with Gasteiger partial charge in [0.05, 0.1) is 37.9 Å². The molecule has 0 bridgehead atoms. The van der Waals surface area contributed by atoms with Crippen molar-refractivity contribution in [3.8, 4) is 5.75 Å². The molecule has 14 heteroatoms. The van der Waals surface area contributed by atoms with E-state index >= 15 is 0 Å². The van der Waals surface area contributed by atoms with Crippen LogP contribution in [0, 0.1) is 0 Å². The van der Waals surface area contributed by atoms with Gasteiger partial charge in [-0.25, -0.2) is 17.7 Å². The lowest BCUT2D eigenvalue weighted by atomic mass is 10.1. The van der Waals surface area contributed by atoms with E-state index in [1.54, 1.807) is 31.2 Å². The average Bonchev–Trinajstić information content (AvgIpc) is 2.86. The predicted octanol–water partition coefficient (Wildman–Crippen LogP) is 5.63. The quantitative estimate of drug-likeness (QED) is 0.346. The first-order valence-electron chi connectivity index (χ1n) is 11.0. The fourth-order valence-corrected chi connectivity index (χ4v) is 5.68. The Hall–Kier alpha value is -3.06. The fourth-order valence-electron chi connectivity index (χ4n) is 3.90. The van der Waals surface area contributed by atoms with Gasteiger partial charge in [-0.1, -0.05) is 35.3 Å². The molecular formula is C24H20Cl2F3N3O5S. The highest BCUT2D eigenvalue weighted by Crippen LogP contribution is 2.39. The summed E-state index contributed by atoms with van der Waals surface area (Å²) in [4.78, 5) is 18.6. The van der Waals surface area contributed by atoms with E-state index in [2.05, 4.69) is 4.98 Å². The summed E-state index contributed by atoms with van der Waals surface area (Å²) in [6.07, 6.45) is -3.75. The SMILES string of the molecule is COCN(c1cc(Cl)cnc1C(=O)N1c2ccccc2OCC1C)S(=O)(=O)c1ccc(Cl)c(C(F)(F)F)c1. The molecule has 0 aliphatic carbocycles. The second kappa shape index (κ2) is 10.6. The number of sulfonamides is 1. The fraction of sp³-hybridized carbons (Fsp3) is 0.250. The number of benzene rings is 2. The standard InChI is InChI=1S/C24H20Cl2F3N3O5S/c1-14-12-37-21-6-4-3-5-19(21)32(14)23(33)22-20(9-15(25)11-30-22)31(13-36-2)38(34,35)16-7-8-18(26)17(10-16)24(27,28)29/h3-11,14H,12-13H2,1-2H3. The van der Waals surface area contributed by atoms with Crippen LogP contribution in [0.4, 0.5) is 24.5 Å². The summed E-state index contributed by atoms with van der Waals surface area (Å²) in [7, 11) is -3.55. The van der Waals surface area contributed by atoms with Crippen LogP contribution in [0.2, 0.25) is 10.0 Å². The number of hydrogen-bond acceptors (Lipinski definition) is 6. The molecule has 0 radical (unpaired) electrons. The zero-order chi connectivity index (χ0) is 27.8. The van der Waals surface area contributed by atoms with Crippen molar-refractivity contribution >= 4 is 50.5 Å². The third-order valence-electron chi connectivity index (χ3n) is 5.65. The summed E-state index contributed by atoms with van der Waals surface area (Å²) >= 11 is 11.8. The van der Waals surface area contributed by atoms with Crippen molar-refractivity contribution in [1.29, 1.82) is 0 Å². The number of alkyl halides is 3. The first kappa shape index (κ1) is 28.0. The molecule has 0 fully saturated rings. The average molecular weight is 590 g/mol. The smallest absolute Gasteiger partial charge is 0.417 e. The molecule has 0 N–H and O–H groups in total. The number of carbonyl (C=O) groups excluding carboxylic acids is 1. The number of carbonyl (C=O) groups is 1. The second-order valence-corrected chi connectivity index (χ2v) is 10.9. The molecule has 0 saturated heterocycles.